The van der Waals surface area contributed by atoms with Crippen molar-refractivity contribution in [3.05, 3.63) is 30.3 Å². The maximum atomic E-state index is 4.21. The Balaban J connectivity index is 1.92. The third-order valence-corrected chi connectivity index (χ3v) is 3.64. The summed E-state index contributed by atoms with van der Waals surface area (Å²) in [5.74, 6) is 0.846. The molecule has 5 heteroatoms. The van der Waals surface area contributed by atoms with Crippen molar-refractivity contribution in [3.63, 3.8) is 0 Å². The summed E-state index contributed by atoms with van der Waals surface area (Å²) in [5.41, 5.74) is 1.33. The lowest BCUT2D eigenvalue weighted by atomic mass is 9.84. The van der Waals surface area contributed by atoms with Crippen molar-refractivity contribution in [1.82, 2.24) is 20.2 Å². The third kappa shape index (κ3) is 2.45. The molecule has 0 N–H and O–H groups in total. The van der Waals surface area contributed by atoms with Gasteiger partial charge in [0.25, 0.3) is 0 Å². The van der Waals surface area contributed by atoms with Crippen molar-refractivity contribution in [2.24, 2.45) is 5.41 Å². The Labute approximate surface area is 113 Å². The summed E-state index contributed by atoms with van der Waals surface area (Å²) < 4.78 is 1.82. The van der Waals surface area contributed by atoms with Crippen LogP contribution < -0.4 is 4.90 Å². The molecule has 1 fully saturated rings. The zero-order chi connectivity index (χ0) is 13.3. The van der Waals surface area contributed by atoms with Crippen molar-refractivity contribution in [2.45, 2.75) is 26.7 Å². The number of aromatic nitrogens is 4. The average Bonchev–Trinajstić information content (AvgIpc) is 2.88. The third-order valence-electron chi connectivity index (χ3n) is 3.64. The molecule has 1 saturated heterocycles. The fourth-order valence-electron chi connectivity index (χ4n) is 2.71. The predicted octanol–water partition coefficient (Wildman–Crippen LogP) is 2.29. The Hall–Kier alpha value is -1.91. The van der Waals surface area contributed by atoms with Gasteiger partial charge in [0.2, 0.25) is 5.95 Å². The van der Waals surface area contributed by atoms with Crippen LogP contribution in [0.15, 0.2) is 30.3 Å². The minimum absolute atomic E-state index is 0.325. The van der Waals surface area contributed by atoms with Crippen molar-refractivity contribution in [1.29, 1.82) is 0 Å². The summed E-state index contributed by atoms with van der Waals surface area (Å²) >= 11 is 0. The van der Waals surface area contributed by atoms with E-state index in [0.717, 1.165) is 24.7 Å². The van der Waals surface area contributed by atoms with Crippen LogP contribution >= 0.6 is 0 Å². The number of rotatable bonds is 2. The Morgan fingerprint density at radius 2 is 1.95 bits per heavy atom. The smallest absolute Gasteiger partial charge is 0.250 e. The molecular formula is C14H19N5. The van der Waals surface area contributed by atoms with Crippen LogP contribution in [-0.4, -0.2) is 33.3 Å². The molecule has 0 bridgehead atoms. The summed E-state index contributed by atoms with van der Waals surface area (Å²) in [4.78, 5) is 2.29. The number of tetrazole rings is 1. The number of nitrogens with zero attached hydrogens (tertiary/aromatic N) is 5. The maximum Gasteiger partial charge on any atom is 0.250 e. The van der Waals surface area contributed by atoms with Crippen LogP contribution in [0.4, 0.5) is 5.95 Å². The van der Waals surface area contributed by atoms with Crippen LogP contribution in [0.3, 0.4) is 0 Å². The highest BCUT2D eigenvalue weighted by Gasteiger charge is 2.29. The van der Waals surface area contributed by atoms with Gasteiger partial charge >= 0.3 is 0 Å². The molecule has 0 unspecified atom stereocenters. The fourth-order valence-corrected chi connectivity index (χ4v) is 2.71. The number of para-hydroxylation sites is 1. The van der Waals surface area contributed by atoms with Crippen molar-refractivity contribution < 1.29 is 0 Å². The molecule has 0 radical (unpaired) electrons. The highest BCUT2D eigenvalue weighted by Crippen LogP contribution is 2.31. The molecule has 0 aliphatic carbocycles. The van der Waals surface area contributed by atoms with Crippen LogP contribution in [0.1, 0.15) is 26.7 Å². The van der Waals surface area contributed by atoms with Gasteiger partial charge in [0, 0.05) is 13.1 Å². The number of anilines is 1. The van der Waals surface area contributed by atoms with E-state index < -0.39 is 0 Å². The van der Waals surface area contributed by atoms with Gasteiger partial charge in [-0.15, -0.1) is 0 Å². The van der Waals surface area contributed by atoms with Gasteiger partial charge in [-0.2, -0.15) is 4.68 Å². The molecule has 0 atom stereocenters. The molecule has 0 spiro atoms. The molecule has 0 amide bonds. The van der Waals surface area contributed by atoms with Gasteiger partial charge in [-0.3, -0.25) is 0 Å². The molecule has 19 heavy (non-hydrogen) atoms. The first-order chi connectivity index (χ1) is 9.16. The number of hydrogen-bond donors (Lipinski definition) is 0. The topological polar surface area (TPSA) is 46.8 Å². The Kier molecular flexibility index (Phi) is 2.97. The van der Waals surface area contributed by atoms with Gasteiger partial charge in [0.1, 0.15) is 0 Å². The van der Waals surface area contributed by atoms with Crippen LogP contribution in [0.2, 0.25) is 0 Å². The van der Waals surface area contributed by atoms with Crippen LogP contribution in [0.5, 0.6) is 0 Å². The monoisotopic (exact) mass is 257 g/mol. The summed E-state index contributed by atoms with van der Waals surface area (Å²) in [5, 5.41) is 12.2. The van der Waals surface area contributed by atoms with Crippen molar-refractivity contribution in [2.75, 3.05) is 18.0 Å². The SMILES string of the molecule is CC1(C)CCCN(c2nnnn2-c2ccccc2)C1. The highest BCUT2D eigenvalue weighted by molar-refractivity contribution is 5.41. The quantitative estimate of drug-likeness (QED) is 0.828. The fraction of sp³-hybridized carbons (Fsp3) is 0.500. The van der Waals surface area contributed by atoms with Gasteiger partial charge in [-0.1, -0.05) is 37.1 Å². The first-order valence-electron chi connectivity index (χ1n) is 6.74. The Bertz CT molecular complexity index is 546. The van der Waals surface area contributed by atoms with E-state index in [0.29, 0.717) is 5.41 Å². The molecule has 1 aliphatic heterocycles. The summed E-state index contributed by atoms with van der Waals surface area (Å²) in [6.45, 7) is 6.63. The van der Waals surface area contributed by atoms with Gasteiger partial charge in [0.15, 0.2) is 0 Å². The second kappa shape index (κ2) is 4.64. The van der Waals surface area contributed by atoms with Gasteiger partial charge in [-0.05, 0) is 40.8 Å². The zero-order valence-electron chi connectivity index (χ0n) is 11.5. The van der Waals surface area contributed by atoms with E-state index in [1.807, 2.05) is 35.0 Å². The largest absolute Gasteiger partial charge is 0.339 e. The molecular weight excluding hydrogens is 238 g/mol. The normalized spacial score (nSPS) is 18.5. The van der Waals surface area contributed by atoms with Gasteiger partial charge in [-0.25, -0.2) is 0 Å². The molecule has 2 aromatic rings. The number of piperidine rings is 1. The molecule has 100 valence electrons. The molecule has 1 aromatic carbocycles. The summed E-state index contributed by atoms with van der Waals surface area (Å²) in [6.07, 6.45) is 2.45. The molecule has 2 heterocycles. The van der Waals surface area contributed by atoms with Gasteiger partial charge in [0.05, 0.1) is 5.69 Å². The number of benzene rings is 1. The van der Waals surface area contributed by atoms with Crippen LogP contribution in [-0.2, 0) is 0 Å². The lowest BCUT2D eigenvalue weighted by Crippen LogP contribution is -2.41. The molecule has 1 aromatic heterocycles. The minimum Gasteiger partial charge on any atom is -0.339 e. The van der Waals surface area contributed by atoms with E-state index in [4.69, 9.17) is 0 Å². The average molecular weight is 257 g/mol. The molecule has 5 nitrogen and oxygen atoms in total. The van der Waals surface area contributed by atoms with Crippen molar-refractivity contribution in [3.8, 4) is 5.69 Å². The van der Waals surface area contributed by atoms with Gasteiger partial charge < -0.3 is 4.90 Å². The van der Waals surface area contributed by atoms with E-state index in [2.05, 4.69) is 34.3 Å². The minimum atomic E-state index is 0.325. The Morgan fingerprint density at radius 1 is 1.16 bits per heavy atom. The second-order valence-corrected chi connectivity index (χ2v) is 5.92. The van der Waals surface area contributed by atoms with Crippen LogP contribution in [0, 0.1) is 5.41 Å². The van der Waals surface area contributed by atoms with E-state index in [1.54, 1.807) is 0 Å². The molecule has 0 saturated carbocycles. The van der Waals surface area contributed by atoms with E-state index >= 15 is 0 Å². The predicted molar refractivity (Wildman–Crippen MR) is 74.4 cm³/mol. The highest BCUT2D eigenvalue weighted by atomic mass is 15.6. The van der Waals surface area contributed by atoms with Crippen molar-refractivity contribution >= 4 is 5.95 Å². The van der Waals surface area contributed by atoms with Crippen LogP contribution in [0.25, 0.3) is 5.69 Å². The molecule has 3 rings (SSSR count). The van der Waals surface area contributed by atoms with E-state index in [9.17, 15) is 0 Å². The second-order valence-electron chi connectivity index (χ2n) is 5.92. The summed E-state index contributed by atoms with van der Waals surface area (Å²) in [7, 11) is 0. The standard InChI is InChI=1S/C14H19N5/c1-14(2)9-6-10-18(11-14)13-15-16-17-19(13)12-7-4-3-5-8-12/h3-5,7-8H,6,9-11H2,1-2H3. The first-order valence-corrected chi connectivity index (χ1v) is 6.74. The maximum absolute atomic E-state index is 4.21. The Morgan fingerprint density at radius 3 is 2.68 bits per heavy atom. The zero-order valence-corrected chi connectivity index (χ0v) is 11.5. The molecule has 1 aliphatic rings. The lowest BCUT2D eigenvalue weighted by Gasteiger charge is -2.38. The first kappa shape index (κ1) is 12.1. The summed E-state index contributed by atoms with van der Waals surface area (Å²) in [6, 6.07) is 10.0. The van der Waals surface area contributed by atoms with E-state index in [-0.39, 0.29) is 0 Å². The van der Waals surface area contributed by atoms with E-state index in [1.165, 1.54) is 12.8 Å². The lowest BCUT2D eigenvalue weighted by molar-refractivity contribution is 0.290. The number of hydrogen-bond acceptors (Lipinski definition) is 4.